The van der Waals surface area contributed by atoms with Crippen LogP contribution in [0, 0.1) is 5.92 Å². The largest absolute Gasteiger partial charge is 0.481 e. The predicted octanol–water partition coefficient (Wildman–Crippen LogP) is 3.19. The Morgan fingerprint density at radius 2 is 1.95 bits per heavy atom. The lowest BCUT2D eigenvalue weighted by atomic mass is 9.98. The Morgan fingerprint density at radius 1 is 1.24 bits per heavy atom. The van der Waals surface area contributed by atoms with E-state index in [0.717, 1.165) is 12.0 Å². The minimum atomic E-state index is -0.761. The zero-order valence-corrected chi connectivity index (χ0v) is 12.4. The molecule has 116 valence electrons. The number of hydrogen-bond donors (Lipinski definition) is 2. The van der Waals surface area contributed by atoms with E-state index < -0.39 is 12.1 Å². The molecule has 1 rings (SSSR count). The molecule has 2 N–H and O–H groups in total. The molecule has 1 amide bonds. The van der Waals surface area contributed by atoms with Crippen molar-refractivity contribution >= 4 is 12.1 Å². The summed E-state index contributed by atoms with van der Waals surface area (Å²) < 4.78 is 5.06. The number of carboxylic acid groups (broad SMARTS) is 1. The van der Waals surface area contributed by atoms with Crippen LogP contribution in [0.4, 0.5) is 4.79 Å². The number of carbonyl (C=O) groups excluding carboxylic acids is 1. The third-order valence-electron chi connectivity index (χ3n) is 3.20. The molecule has 0 radical (unpaired) electrons. The Labute approximate surface area is 125 Å². The number of rotatable bonds is 9. The summed E-state index contributed by atoms with van der Waals surface area (Å²) in [6.45, 7) is 2.64. The van der Waals surface area contributed by atoms with Crippen molar-refractivity contribution in [3.05, 3.63) is 35.9 Å². The van der Waals surface area contributed by atoms with Crippen molar-refractivity contribution in [1.29, 1.82) is 0 Å². The van der Waals surface area contributed by atoms with E-state index >= 15 is 0 Å². The van der Waals surface area contributed by atoms with Crippen molar-refractivity contribution in [2.75, 3.05) is 6.54 Å². The van der Waals surface area contributed by atoms with Crippen molar-refractivity contribution in [2.45, 2.75) is 39.2 Å². The van der Waals surface area contributed by atoms with Gasteiger partial charge in [-0.25, -0.2) is 4.79 Å². The van der Waals surface area contributed by atoms with Crippen LogP contribution >= 0.6 is 0 Å². The number of benzene rings is 1. The highest BCUT2D eigenvalue weighted by molar-refractivity contribution is 5.70. The Hall–Kier alpha value is -2.04. The molecule has 0 aromatic heterocycles. The normalized spacial score (nSPS) is 11.7. The Balaban J connectivity index is 2.14. The van der Waals surface area contributed by atoms with Crippen molar-refractivity contribution in [1.82, 2.24) is 5.32 Å². The van der Waals surface area contributed by atoms with Crippen molar-refractivity contribution < 1.29 is 19.4 Å². The van der Waals surface area contributed by atoms with Gasteiger partial charge in [0, 0.05) is 6.54 Å². The maximum atomic E-state index is 11.5. The summed E-state index contributed by atoms with van der Waals surface area (Å²) in [5.74, 6) is -1.08. The molecule has 5 nitrogen and oxygen atoms in total. The second-order valence-corrected chi connectivity index (χ2v) is 4.95. The zero-order chi connectivity index (χ0) is 15.5. The molecule has 1 atom stereocenters. The van der Waals surface area contributed by atoms with Crippen molar-refractivity contribution in [3.63, 3.8) is 0 Å². The quantitative estimate of drug-likeness (QED) is 0.686. The molecular formula is C16H23NO4. The molecule has 0 saturated carbocycles. The lowest BCUT2D eigenvalue weighted by Crippen LogP contribution is -2.26. The first-order valence-electron chi connectivity index (χ1n) is 7.30. The second kappa shape index (κ2) is 9.80. The topological polar surface area (TPSA) is 75.6 Å². The number of aliphatic carboxylic acids is 1. The molecule has 1 aromatic rings. The molecular weight excluding hydrogens is 270 g/mol. The zero-order valence-electron chi connectivity index (χ0n) is 12.4. The van der Waals surface area contributed by atoms with Crippen LogP contribution in [-0.4, -0.2) is 23.7 Å². The van der Waals surface area contributed by atoms with Crippen LogP contribution in [-0.2, 0) is 16.1 Å². The Bertz CT molecular complexity index is 433. The molecule has 0 aliphatic heterocycles. The van der Waals surface area contributed by atoms with Crippen molar-refractivity contribution in [3.8, 4) is 0 Å². The van der Waals surface area contributed by atoms with Crippen LogP contribution in [0.2, 0.25) is 0 Å². The van der Waals surface area contributed by atoms with E-state index in [9.17, 15) is 9.59 Å². The predicted molar refractivity (Wildman–Crippen MR) is 79.9 cm³/mol. The van der Waals surface area contributed by atoms with E-state index in [1.54, 1.807) is 0 Å². The summed E-state index contributed by atoms with van der Waals surface area (Å²) >= 11 is 0. The first-order valence-corrected chi connectivity index (χ1v) is 7.30. The summed E-state index contributed by atoms with van der Waals surface area (Å²) in [5.41, 5.74) is 0.932. The number of hydrogen-bond acceptors (Lipinski definition) is 3. The molecule has 1 aromatic carbocycles. The molecule has 0 spiro atoms. The minimum absolute atomic E-state index is 0.236. The second-order valence-electron chi connectivity index (χ2n) is 4.95. The number of alkyl carbamates (subject to hydrolysis) is 1. The van der Waals surface area contributed by atoms with Gasteiger partial charge < -0.3 is 15.2 Å². The number of ether oxygens (including phenoxy) is 1. The average molecular weight is 293 g/mol. The minimum Gasteiger partial charge on any atom is -0.481 e. The Kier molecular flexibility index (Phi) is 7.94. The van der Waals surface area contributed by atoms with E-state index in [0.29, 0.717) is 25.8 Å². The van der Waals surface area contributed by atoms with Gasteiger partial charge in [0.05, 0.1) is 5.92 Å². The molecule has 0 heterocycles. The standard InChI is InChI=1S/C16H23NO4/c1-2-7-14(15(18)19)10-6-11-17-16(20)21-12-13-8-4-3-5-9-13/h3-5,8-9,14H,2,6-7,10-12H2,1H3,(H,17,20)(H,18,19). The molecule has 21 heavy (non-hydrogen) atoms. The summed E-state index contributed by atoms with van der Waals surface area (Å²) in [6, 6.07) is 9.44. The van der Waals surface area contributed by atoms with Gasteiger partial charge in [0.25, 0.3) is 0 Å². The van der Waals surface area contributed by atoms with Crippen molar-refractivity contribution in [2.24, 2.45) is 5.92 Å². The molecule has 0 aliphatic carbocycles. The van der Waals surface area contributed by atoms with Crippen LogP contribution in [0.3, 0.4) is 0 Å². The fourth-order valence-electron chi connectivity index (χ4n) is 2.05. The first kappa shape index (κ1) is 17.0. The maximum absolute atomic E-state index is 11.5. The SMILES string of the molecule is CCCC(CCCNC(=O)OCc1ccccc1)C(=O)O. The van der Waals surface area contributed by atoms with E-state index in [1.807, 2.05) is 37.3 Å². The highest BCUT2D eigenvalue weighted by Crippen LogP contribution is 2.13. The van der Waals surface area contributed by atoms with Crippen LogP contribution in [0.1, 0.15) is 38.2 Å². The number of carboxylic acids is 1. The van der Waals surface area contributed by atoms with Crippen LogP contribution in [0.15, 0.2) is 30.3 Å². The highest BCUT2D eigenvalue weighted by atomic mass is 16.5. The van der Waals surface area contributed by atoms with Crippen LogP contribution in [0.5, 0.6) is 0 Å². The molecule has 5 heteroatoms. The number of nitrogens with one attached hydrogen (secondary N) is 1. The molecule has 0 aliphatic rings. The van der Waals surface area contributed by atoms with Gasteiger partial charge in [0.15, 0.2) is 0 Å². The highest BCUT2D eigenvalue weighted by Gasteiger charge is 2.15. The fraction of sp³-hybridized carbons (Fsp3) is 0.500. The average Bonchev–Trinajstić information content (AvgIpc) is 2.49. The maximum Gasteiger partial charge on any atom is 0.407 e. The van der Waals surface area contributed by atoms with E-state index in [2.05, 4.69) is 5.32 Å². The van der Waals surface area contributed by atoms with E-state index in [4.69, 9.17) is 9.84 Å². The molecule has 0 fully saturated rings. The lowest BCUT2D eigenvalue weighted by Gasteiger charge is -2.11. The van der Waals surface area contributed by atoms with Gasteiger partial charge in [-0.05, 0) is 24.8 Å². The third kappa shape index (κ3) is 7.34. The van der Waals surface area contributed by atoms with E-state index in [-0.39, 0.29) is 12.5 Å². The van der Waals surface area contributed by atoms with Crippen LogP contribution < -0.4 is 5.32 Å². The summed E-state index contributed by atoms with van der Waals surface area (Å²) in [5, 5.41) is 11.6. The number of amides is 1. The van der Waals surface area contributed by atoms with Gasteiger partial charge in [0.2, 0.25) is 0 Å². The first-order chi connectivity index (χ1) is 10.1. The van der Waals surface area contributed by atoms with Gasteiger partial charge in [-0.2, -0.15) is 0 Å². The molecule has 1 unspecified atom stereocenters. The fourth-order valence-corrected chi connectivity index (χ4v) is 2.05. The van der Waals surface area contributed by atoms with Gasteiger partial charge in [0.1, 0.15) is 6.61 Å². The van der Waals surface area contributed by atoms with Gasteiger partial charge in [-0.15, -0.1) is 0 Å². The van der Waals surface area contributed by atoms with Crippen LogP contribution in [0.25, 0.3) is 0 Å². The third-order valence-corrected chi connectivity index (χ3v) is 3.20. The van der Waals surface area contributed by atoms with E-state index in [1.165, 1.54) is 0 Å². The molecule has 0 saturated heterocycles. The number of carbonyl (C=O) groups is 2. The lowest BCUT2D eigenvalue weighted by molar-refractivity contribution is -0.142. The van der Waals surface area contributed by atoms with Gasteiger partial charge >= 0.3 is 12.1 Å². The van der Waals surface area contributed by atoms with Gasteiger partial charge in [-0.3, -0.25) is 4.79 Å². The monoisotopic (exact) mass is 293 g/mol. The Morgan fingerprint density at radius 3 is 2.57 bits per heavy atom. The molecule has 0 bridgehead atoms. The summed E-state index contributed by atoms with van der Waals surface area (Å²) in [6.07, 6.45) is 2.26. The summed E-state index contributed by atoms with van der Waals surface area (Å²) in [7, 11) is 0. The summed E-state index contributed by atoms with van der Waals surface area (Å²) in [4.78, 5) is 22.4. The van der Waals surface area contributed by atoms with Gasteiger partial charge in [-0.1, -0.05) is 43.7 Å². The smallest absolute Gasteiger partial charge is 0.407 e.